The molecule has 1 aromatic rings. The van der Waals surface area contributed by atoms with E-state index in [9.17, 15) is 9.59 Å². The highest BCUT2D eigenvalue weighted by Gasteiger charge is 2.31. The number of ether oxygens (including phenoxy) is 3. The summed E-state index contributed by atoms with van der Waals surface area (Å²) < 4.78 is 19.8. The zero-order valence-electron chi connectivity index (χ0n) is 17.4. The highest BCUT2D eigenvalue weighted by molar-refractivity contribution is 7.95. The first-order chi connectivity index (χ1) is 13.2. The fraction of sp³-hybridized carbons (Fsp3) is 0.600. The van der Waals surface area contributed by atoms with Gasteiger partial charge in [0.05, 0.1) is 13.0 Å². The number of esters is 1. The van der Waals surface area contributed by atoms with Gasteiger partial charge in [-0.05, 0) is 33.8 Å². The molecule has 0 bridgehead atoms. The van der Waals surface area contributed by atoms with Crippen molar-refractivity contribution in [3.8, 4) is 11.5 Å². The Kier molecular flexibility index (Phi) is 8.00. The van der Waals surface area contributed by atoms with E-state index in [0.29, 0.717) is 24.7 Å². The van der Waals surface area contributed by atoms with Crippen LogP contribution in [-0.2, 0) is 9.53 Å². The minimum atomic E-state index is -0.504. The molecule has 1 aliphatic heterocycles. The lowest BCUT2D eigenvalue weighted by Crippen LogP contribution is -2.34. The maximum atomic E-state index is 12.6. The number of para-hydroxylation sites is 1. The number of carbonyl (C=O) groups is 2. The summed E-state index contributed by atoms with van der Waals surface area (Å²) in [6.07, 6.45) is -0.199. The third-order valence-electron chi connectivity index (χ3n) is 4.61. The van der Waals surface area contributed by atoms with Crippen LogP contribution in [0.5, 0.6) is 11.5 Å². The van der Waals surface area contributed by atoms with Crippen LogP contribution in [0.2, 0.25) is 0 Å². The topological polar surface area (TPSA) is 68.3 Å². The van der Waals surface area contributed by atoms with E-state index in [0.717, 1.165) is 5.56 Å². The zero-order chi connectivity index (χ0) is 20.8. The van der Waals surface area contributed by atoms with Crippen molar-refractivity contribution in [2.75, 3.05) is 20.2 Å². The van der Waals surface area contributed by atoms with Crippen molar-refractivity contribution >= 4 is 24.2 Å². The van der Waals surface area contributed by atoms with Crippen molar-refractivity contribution in [1.29, 1.82) is 0 Å². The van der Waals surface area contributed by atoms with Gasteiger partial charge in [0.1, 0.15) is 6.10 Å². The molecule has 1 amide bonds. The second-order valence-electron chi connectivity index (χ2n) is 7.02. The lowest BCUT2D eigenvalue weighted by atomic mass is 9.98. The maximum absolute atomic E-state index is 12.6. The molecule has 2 atom stereocenters. The highest BCUT2D eigenvalue weighted by Crippen LogP contribution is 2.44. The number of rotatable bonds is 8. The Labute approximate surface area is 171 Å². The van der Waals surface area contributed by atoms with Crippen LogP contribution in [0.15, 0.2) is 18.2 Å². The van der Waals surface area contributed by atoms with Gasteiger partial charge in [0.2, 0.25) is 0 Å². The van der Waals surface area contributed by atoms with Crippen molar-refractivity contribution in [3.05, 3.63) is 23.8 Å². The SMILES string of the molecule is CCOC(=O)CCN(SN(C)C(=O)Oc1cccc2c1OC(C)C2C)C(C)C. The molecule has 0 fully saturated rings. The molecule has 1 aromatic carbocycles. The average molecular weight is 411 g/mol. The molecule has 1 aliphatic rings. The van der Waals surface area contributed by atoms with Crippen molar-refractivity contribution in [2.45, 2.75) is 59.1 Å². The van der Waals surface area contributed by atoms with Crippen LogP contribution < -0.4 is 9.47 Å². The molecule has 0 radical (unpaired) electrons. The second kappa shape index (κ2) is 10.0. The van der Waals surface area contributed by atoms with Gasteiger partial charge in [-0.15, -0.1) is 0 Å². The van der Waals surface area contributed by atoms with Gasteiger partial charge in [0.25, 0.3) is 0 Å². The first kappa shape index (κ1) is 22.4. The van der Waals surface area contributed by atoms with Gasteiger partial charge in [-0.3, -0.25) is 4.79 Å². The van der Waals surface area contributed by atoms with E-state index in [1.807, 2.05) is 37.2 Å². The first-order valence-corrected chi connectivity index (χ1v) is 10.3. The van der Waals surface area contributed by atoms with E-state index >= 15 is 0 Å². The lowest BCUT2D eigenvalue weighted by molar-refractivity contribution is -0.143. The van der Waals surface area contributed by atoms with E-state index < -0.39 is 6.09 Å². The van der Waals surface area contributed by atoms with E-state index in [-0.39, 0.29) is 30.5 Å². The average Bonchev–Trinajstić information content (AvgIpc) is 2.94. The number of fused-ring (bicyclic) bond motifs is 1. The summed E-state index contributed by atoms with van der Waals surface area (Å²) in [6.45, 7) is 10.7. The summed E-state index contributed by atoms with van der Waals surface area (Å²) in [6, 6.07) is 5.73. The van der Waals surface area contributed by atoms with Gasteiger partial charge in [-0.25, -0.2) is 13.4 Å². The molecule has 8 heteroatoms. The Hall–Kier alpha value is -1.93. The summed E-state index contributed by atoms with van der Waals surface area (Å²) in [5, 5.41) is 0. The van der Waals surface area contributed by atoms with Crippen LogP contribution in [0.1, 0.15) is 52.5 Å². The Morgan fingerprint density at radius 3 is 2.64 bits per heavy atom. The monoisotopic (exact) mass is 410 g/mol. The van der Waals surface area contributed by atoms with Crippen LogP contribution >= 0.6 is 12.1 Å². The molecule has 0 saturated carbocycles. The van der Waals surface area contributed by atoms with Gasteiger partial charge < -0.3 is 14.2 Å². The van der Waals surface area contributed by atoms with Crippen LogP contribution in [0.4, 0.5) is 4.79 Å². The molecule has 0 spiro atoms. The Morgan fingerprint density at radius 1 is 1.29 bits per heavy atom. The summed E-state index contributed by atoms with van der Waals surface area (Å²) in [7, 11) is 1.64. The molecule has 7 nitrogen and oxygen atoms in total. The predicted octanol–water partition coefficient (Wildman–Crippen LogP) is 4.23. The molecule has 0 aromatic heterocycles. The second-order valence-corrected chi connectivity index (χ2v) is 8.20. The number of hydrogen-bond donors (Lipinski definition) is 0. The van der Waals surface area contributed by atoms with Gasteiger partial charge in [0, 0.05) is 43.2 Å². The van der Waals surface area contributed by atoms with Gasteiger partial charge in [-0.1, -0.05) is 19.1 Å². The van der Waals surface area contributed by atoms with Crippen LogP contribution in [-0.4, -0.2) is 53.0 Å². The first-order valence-electron chi connectivity index (χ1n) is 9.60. The summed E-state index contributed by atoms with van der Waals surface area (Å²) in [4.78, 5) is 24.2. The Bertz CT molecular complexity index is 697. The summed E-state index contributed by atoms with van der Waals surface area (Å²) >= 11 is 1.22. The van der Waals surface area contributed by atoms with E-state index in [4.69, 9.17) is 14.2 Å². The highest BCUT2D eigenvalue weighted by atomic mass is 32.2. The quantitative estimate of drug-likeness (QED) is 0.469. The lowest BCUT2D eigenvalue weighted by Gasteiger charge is -2.28. The maximum Gasteiger partial charge on any atom is 0.426 e. The zero-order valence-corrected chi connectivity index (χ0v) is 18.2. The van der Waals surface area contributed by atoms with Crippen molar-refractivity contribution in [1.82, 2.24) is 8.61 Å². The summed E-state index contributed by atoms with van der Waals surface area (Å²) in [5.41, 5.74) is 1.05. The molecule has 0 aliphatic carbocycles. The molecular formula is C20H30N2O5S. The fourth-order valence-electron chi connectivity index (χ4n) is 2.82. The number of carbonyl (C=O) groups excluding carboxylic acids is 2. The largest absolute Gasteiger partial charge is 0.486 e. The van der Waals surface area contributed by atoms with Gasteiger partial charge in [-0.2, -0.15) is 0 Å². The minimum Gasteiger partial charge on any atom is -0.486 e. The third-order valence-corrected chi connectivity index (χ3v) is 5.82. The smallest absolute Gasteiger partial charge is 0.426 e. The minimum absolute atomic E-state index is 0.0428. The predicted molar refractivity (Wildman–Crippen MR) is 109 cm³/mol. The van der Waals surface area contributed by atoms with E-state index in [1.165, 1.54) is 16.4 Å². The molecule has 0 saturated heterocycles. The van der Waals surface area contributed by atoms with E-state index in [1.54, 1.807) is 20.0 Å². The summed E-state index contributed by atoms with van der Waals surface area (Å²) in [5.74, 6) is 1.06. The van der Waals surface area contributed by atoms with E-state index in [2.05, 4.69) is 6.92 Å². The number of amides is 1. The van der Waals surface area contributed by atoms with Gasteiger partial charge >= 0.3 is 12.1 Å². The molecule has 0 N–H and O–H groups in total. The number of hydrogen-bond acceptors (Lipinski definition) is 7. The third kappa shape index (κ3) is 5.54. The van der Waals surface area contributed by atoms with Crippen LogP contribution in [0, 0.1) is 0 Å². The number of benzene rings is 1. The molecule has 1 heterocycles. The number of nitrogens with zero attached hydrogens (tertiary/aromatic N) is 2. The van der Waals surface area contributed by atoms with Crippen molar-refractivity contribution in [2.24, 2.45) is 0 Å². The van der Waals surface area contributed by atoms with Crippen molar-refractivity contribution in [3.63, 3.8) is 0 Å². The Morgan fingerprint density at radius 2 is 2.00 bits per heavy atom. The Balaban J connectivity index is 1.98. The van der Waals surface area contributed by atoms with Gasteiger partial charge in [0.15, 0.2) is 11.5 Å². The molecule has 28 heavy (non-hydrogen) atoms. The molecule has 2 rings (SSSR count). The van der Waals surface area contributed by atoms with Crippen molar-refractivity contribution < 1.29 is 23.8 Å². The fourth-order valence-corrected chi connectivity index (χ4v) is 3.60. The standard InChI is InChI=1S/C20H30N2O5S/c1-7-25-18(23)11-12-22(13(2)3)28-21(6)20(24)27-17-10-8-9-16-14(4)15(5)26-19(16)17/h8-10,13-15H,7,11-12H2,1-6H3. The molecular weight excluding hydrogens is 380 g/mol. The molecule has 156 valence electrons. The normalized spacial score (nSPS) is 18.0. The van der Waals surface area contributed by atoms with Crippen LogP contribution in [0.3, 0.4) is 0 Å². The van der Waals surface area contributed by atoms with Crippen LogP contribution in [0.25, 0.3) is 0 Å². The molecule has 2 unspecified atom stereocenters.